The standard InChI is InChI=1S/C7H9PS4.C6H11PS4/c9-8(10,12-11)6-7-4-2-1-3-5-7;8-7(11-9)10-6-4-2-1-3-5-6/h1-5,11H,6H2,(H,9,10);6H,1-5H2/p+1. The Kier molecular flexibility index (Phi) is 13.9. The Labute approximate surface area is 178 Å². The molecule has 1 aliphatic rings. The highest BCUT2D eigenvalue weighted by molar-refractivity contribution is 9.13. The van der Waals surface area contributed by atoms with Crippen molar-refractivity contribution in [2.45, 2.75) is 43.5 Å². The van der Waals surface area contributed by atoms with Crippen LogP contribution >= 0.6 is 77.3 Å². The van der Waals surface area contributed by atoms with Crippen LogP contribution in [-0.4, -0.2) is 5.25 Å². The fourth-order valence-electron chi connectivity index (χ4n) is 2.15. The molecule has 0 N–H and O–H groups in total. The Morgan fingerprint density at radius 2 is 1.74 bits per heavy atom. The molecule has 0 radical (unpaired) electrons. The summed E-state index contributed by atoms with van der Waals surface area (Å²) in [5.41, 5.74) is 1.25. The normalized spacial score (nSPS) is 18.5. The van der Waals surface area contributed by atoms with Crippen LogP contribution in [0.1, 0.15) is 37.7 Å². The van der Waals surface area contributed by atoms with Crippen LogP contribution in [0.15, 0.2) is 30.3 Å². The Morgan fingerprint density at radius 3 is 2.26 bits per heavy atom. The summed E-state index contributed by atoms with van der Waals surface area (Å²) in [6.07, 6.45) is 7.88. The third-order valence-corrected chi connectivity index (χ3v) is 21.5. The van der Waals surface area contributed by atoms with Crippen LogP contribution in [0.25, 0.3) is 0 Å². The van der Waals surface area contributed by atoms with Crippen molar-refractivity contribution in [1.29, 1.82) is 0 Å². The second-order valence-electron chi connectivity index (χ2n) is 5.03. The minimum atomic E-state index is -1.59. The first kappa shape index (κ1) is 23.5. The third kappa shape index (κ3) is 11.7. The lowest BCUT2D eigenvalue weighted by Gasteiger charge is -2.15. The van der Waals surface area contributed by atoms with Gasteiger partial charge in [-0.15, -0.1) is 23.9 Å². The summed E-state index contributed by atoms with van der Waals surface area (Å²) in [5.74, 6) is 0. The van der Waals surface area contributed by atoms with Crippen LogP contribution in [0.4, 0.5) is 0 Å². The Hall–Kier alpha value is 2.49. The van der Waals surface area contributed by atoms with Crippen molar-refractivity contribution in [1.82, 2.24) is 0 Å². The van der Waals surface area contributed by atoms with Crippen molar-refractivity contribution >= 4 is 101 Å². The van der Waals surface area contributed by atoms with Crippen molar-refractivity contribution in [2.75, 3.05) is 0 Å². The average molecular weight is 496 g/mol. The Balaban J connectivity index is 0.000000231. The second kappa shape index (κ2) is 13.6. The second-order valence-corrected chi connectivity index (χ2v) is 26.3. The predicted octanol–water partition coefficient (Wildman–Crippen LogP) is 8.41. The van der Waals surface area contributed by atoms with E-state index in [1.807, 2.05) is 29.6 Å². The molecule has 0 nitrogen and oxygen atoms in total. The van der Waals surface area contributed by atoms with Crippen LogP contribution in [0, 0.1) is 0 Å². The minimum Gasteiger partial charge on any atom is -0.130 e. The van der Waals surface area contributed by atoms with Crippen LogP contribution in [0.5, 0.6) is 0 Å². The molecule has 23 heavy (non-hydrogen) atoms. The number of hydrogen-bond donors (Lipinski definition) is 3. The molecule has 2 rings (SSSR count). The highest BCUT2D eigenvalue weighted by atomic mass is 33.5. The number of hydrogen-bond acceptors (Lipinski definition) is 7. The highest BCUT2D eigenvalue weighted by Crippen LogP contribution is 2.67. The van der Waals surface area contributed by atoms with Gasteiger partial charge in [0.05, 0.1) is 9.69 Å². The number of benzene rings is 1. The first-order valence-electron chi connectivity index (χ1n) is 7.11. The molecule has 1 aromatic carbocycles. The van der Waals surface area contributed by atoms with E-state index in [-0.39, 0.29) is 5.10 Å². The van der Waals surface area contributed by atoms with Gasteiger partial charge in [-0.1, -0.05) is 73.1 Å². The molecule has 2 unspecified atom stereocenters. The first-order chi connectivity index (χ1) is 11.0. The largest absolute Gasteiger partial charge is 0.328 e. The zero-order chi connectivity index (χ0) is 17.1. The lowest BCUT2D eigenvalue weighted by Crippen LogP contribution is -2.05. The van der Waals surface area contributed by atoms with Gasteiger partial charge < -0.3 is 0 Å². The molecule has 0 aliphatic heterocycles. The average Bonchev–Trinajstić information content (AvgIpc) is 2.57. The molecular weight excluding hydrogens is 475 g/mol. The molecule has 0 aromatic heterocycles. The molecule has 10 heteroatoms. The smallest absolute Gasteiger partial charge is 0.130 e. The van der Waals surface area contributed by atoms with Gasteiger partial charge in [0.1, 0.15) is 11.4 Å². The maximum absolute atomic E-state index is 5.29. The summed E-state index contributed by atoms with van der Waals surface area (Å²) >= 11 is 25.2. The molecule has 2 atom stereocenters. The van der Waals surface area contributed by atoms with Gasteiger partial charge in [-0.2, -0.15) is 0 Å². The van der Waals surface area contributed by atoms with Gasteiger partial charge >= 0.3 is 5.10 Å². The molecule has 1 fully saturated rings. The summed E-state index contributed by atoms with van der Waals surface area (Å²) in [4.78, 5) is 0. The summed E-state index contributed by atoms with van der Waals surface area (Å²) in [6.45, 7) is 0. The lowest BCUT2D eigenvalue weighted by molar-refractivity contribution is 0.517. The molecule has 0 heterocycles. The highest BCUT2D eigenvalue weighted by Gasteiger charge is 2.23. The van der Waals surface area contributed by atoms with E-state index in [1.165, 1.54) is 48.1 Å². The minimum absolute atomic E-state index is 0.320. The monoisotopic (exact) mass is 495 g/mol. The van der Waals surface area contributed by atoms with E-state index in [1.54, 1.807) is 10.4 Å². The molecule has 1 saturated carbocycles. The number of thiol groups is 3. The van der Waals surface area contributed by atoms with E-state index in [0.29, 0.717) is 0 Å². The van der Waals surface area contributed by atoms with Crippen LogP contribution in [0.2, 0.25) is 0 Å². The third-order valence-electron chi connectivity index (χ3n) is 3.21. The first-order valence-corrected chi connectivity index (χ1v) is 20.0. The van der Waals surface area contributed by atoms with E-state index < -0.39 is 4.44 Å². The maximum Gasteiger partial charge on any atom is 0.328 e. The summed E-state index contributed by atoms with van der Waals surface area (Å²) in [5, 5.41) is 0.533. The zero-order valence-electron chi connectivity index (χ0n) is 12.5. The Morgan fingerprint density at radius 1 is 1.13 bits per heavy atom. The molecule has 0 bridgehead atoms. The fourth-order valence-corrected chi connectivity index (χ4v) is 10.8. The van der Waals surface area contributed by atoms with Crippen molar-refractivity contribution in [2.24, 2.45) is 0 Å². The van der Waals surface area contributed by atoms with Crippen LogP contribution in [0.3, 0.4) is 0 Å². The van der Waals surface area contributed by atoms with Gasteiger partial charge in [-0.25, -0.2) is 0 Å². The fraction of sp³-hybridized carbons (Fsp3) is 0.538. The molecule has 1 aliphatic carbocycles. The van der Waals surface area contributed by atoms with Gasteiger partial charge in [-0.05, 0) is 28.8 Å². The van der Waals surface area contributed by atoms with Gasteiger partial charge in [0.15, 0.2) is 22.2 Å². The van der Waals surface area contributed by atoms with Crippen LogP contribution < -0.4 is 0 Å². The molecular formula is C13H21P2S8+. The van der Waals surface area contributed by atoms with Crippen molar-refractivity contribution in [3.63, 3.8) is 0 Å². The van der Waals surface area contributed by atoms with Crippen molar-refractivity contribution < 1.29 is 0 Å². The summed E-state index contributed by atoms with van der Waals surface area (Å²) in [6, 6.07) is 10.2. The van der Waals surface area contributed by atoms with E-state index in [2.05, 4.69) is 47.7 Å². The predicted molar refractivity (Wildman–Crippen MR) is 135 cm³/mol. The number of rotatable bonds is 6. The van der Waals surface area contributed by atoms with Gasteiger partial charge in [0.2, 0.25) is 0 Å². The Bertz CT molecular complexity index is 504. The van der Waals surface area contributed by atoms with Gasteiger partial charge in [-0.3, -0.25) is 0 Å². The van der Waals surface area contributed by atoms with E-state index >= 15 is 0 Å². The van der Waals surface area contributed by atoms with Gasteiger partial charge in [0.25, 0.3) is 0 Å². The quantitative estimate of drug-likeness (QED) is 0.205. The van der Waals surface area contributed by atoms with Crippen molar-refractivity contribution in [3.05, 3.63) is 35.9 Å². The summed E-state index contributed by atoms with van der Waals surface area (Å²) < 4.78 is -1.59. The van der Waals surface area contributed by atoms with Crippen molar-refractivity contribution in [3.8, 4) is 0 Å². The molecule has 0 saturated heterocycles. The lowest BCUT2D eigenvalue weighted by atomic mass is 10.0. The SMILES string of the molecule is S=P(S)(Cc1ccccc1)SS.S=[P+](SS)SC1CCCCC1. The molecule has 0 amide bonds. The van der Waals surface area contributed by atoms with Gasteiger partial charge in [0, 0.05) is 6.16 Å². The van der Waals surface area contributed by atoms with E-state index in [4.69, 9.17) is 23.6 Å². The molecule has 1 aromatic rings. The zero-order valence-corrected chi connectivity index (χ0v) is 21.0. The van der Waals surface area contributed by atoms with E-state index in [9.17, 15) is 0 Å². The molecule has 130 valence electrons. The maximum atomic E-state index is 5.29. The van der Waals surface area contributed by atoms with Crippen LogP contribution in [-0.2, 0) is 29.8 Å². The van der Waals surface area contributed by atoms with E-state index in [0.717, 1.165) is 11.4 Å². The molecule has 0 spiro atoms. The summed E-state index contributed by atoms with van der Waals surface area (Å²) in [7, 11) is 2.96. The topological polar surface area (TPSA) is 0 Å².